The van der Waals surface area contributed by atoms with Crippen LogP contribution >= 0.6 is 0 Å². The van der Waals surface area contributed by atoms with Crippen LogP contribution in [-0.2, 0) is 35.0 Å². The Kier molecular flexibility index (Phi) is 7.95. The van der Waals surface area contributed by atoms with E-state index in [0.717, 1.165) is 5.56 Å². The van der Waals surface area contributed by atoms with Crippen LogP contribution in [-0.4, -0.2) is 91.3 Å². The van der Waals surface area contributed by atoms with Gasteiger partial charge in [-0.15, -0.1) is 0 Å². The fourth-order valence-electron chi connectivity index (χ4n) is 5.92. The van der Waals surface area contributed by atoms with Gasteiger partial charge in [-0.25, -0.2) is 9.59 Å². The fourth-order valence-corrected chi connectivity index (χ4v) is 5.92. The highest BCUT2D eigenvalue weighted by Gasteiger charge is 2.60. The molecule has 1 aliphatic carbocycles. The molecule has 2 aliphatic heterocycles. The summed E-state index contributed by atoms with van der Waals surface area (Å²) in [7, 11) is 4.50. The lowest BCUT2D eigenvalue weighted by atomic mass is 9.75. The highest BCUT2D eigenvalue weighted by molar-refractivity contribution is 5.92. The van der Waals surface area contributed by atoms with Gasteiger partial charge in [-0.05, 0) is 51.3 Å². The van der Waals surface area contributed by atoms with Gasteiger partial charge in [-0.3, -0.25) is 9.69 Å². The second-order valence-corrected chi connectivity index (χ2v) is 11.4. The standard InChI is InChI=1S/C28H40N2O8/c1-26(2,3)38-25(33)29(4)22-18-27(11-13-28(14-12-27)36-15-16-37-28)30(23(22)31)21(24(32)35-6)17-19-7-9-20(34-5)10-8-19/h7-10,21-22H,11-18H2,1-6H3/t21-,22-/m0/s1. The minimum atomic E-state index is -0.864. The van der Waals surface area contributed by atoms with Crippen molar-refractivity contribution in [2.75, 3.05) is 34.5 Å². The van der Waals surface area contributed by atoms with E-state index in [-0.39, 0.29) is 12.3 Å². The summed E-state index contributed by atoms with van der Waals surface area (Å²) in [5.41, 5.74) is -0.506. The van der Waals surface area contributed by atoms with Crippen molar-refractivity contribution < 1.29 is 38.1 Å². The third-order valence-electron chi connectivity index (χ3n) is 7.88. The van der Waals surface area contributed by atoms with Gasteiger partial charge in [-0.2, -0.15) is 0 Å². The molecule has 2 atom stereocenters. The molecule has 1 aromatic carbocycles. The molecule has 4 rings (SSSR count). The molecular weight excluding hydrogens is 492 g/mol. The SMILES string of the molecule is COC(=O)[C@H](Cc1ccc(OC)cc1)N1C(=O)[C@@H](N(C)C(=O)OC(C)(C)C)CC12CCC1(CC2)OCCO1. The number of methoxy groups -OCH3 is 2. The minimum absolute atomic E-state index is 0.269. The fraction of sp³-hybridized carbons (Fsp3) is 0.679. The predicted octanol–water partition coefficient (Wildman–Crippen LogP) is 3.30. The van der Waals surface area contributed by atoms with Crippen LogP contribution in [0.15, 0.2) is 24.3 Å². The summed E-state index contributed by atoms with van der Waals surface area (Å²) in [5.74, 6) is -0.731. The Bertz CT molecular complexity index is 1020. The van der Waals surface area contributed by atoms with Crippen LogP contribution < -0.4 is 4.74 Å². The minimum Gasteiger partial charge on any atom is -0.497 e. The Morgan fingerprint density at radius 2 is 1.68 bits per heavy atom. The molecule has 10 heteroatoms. The van der Waals surface area contributed by atoms with E-state index >= 15 is 0 Å². The number of esters is 1. The van der Waals surface area contributed by atoms with Crippen molar-refractivity contribution in [1.29, 1.82) is 0 Å². The van der Waals surface area contributed by atoms with Gasteiger partial charge in [0, 0.05) is 38.3 Å². The maximum absolute atomic E-state index is 14.1. The van der Waals surface area contributed by atoms with E-state index in [2.05, 4.69) is 0 Å². The van der Waals surface area contributed by atoms with Crippen LogP contribution in [0.4, 0.5) is 4.79 Å². The molecule has 2 saturated heterocycles. The van der Waals surface area contributed by atoms with Crippen LogP contribution in [0.5, 0.6) is 5.75 Å². The molecule has 1 saturated carbocycles. The van der Waals surface area contributed by atoms with Crippen LogP contribution in [0, 0.1) is 0 Å². The first-order valence-corrected chi connectivity index (χ1v) is 13.2. The van der Waals surface area contributed by atoms with Crippen molar-refractivity contribution in [2.24, 2.45) is 0 Å². The molecule has 0 aromatic heterocycles. The Morgan fingerprint density at radius 3 is 2.21 bits per heavy atom. The molecule has 2 heterocycles. The van der Waals surface area contributed by atoms with Crippen LogP contribution in [0.3, 0.4) is 0 Å². The predicted molar refractivity (Wildman–Crippen MR) is 138 cm³/mol. The number of rotatable bonds is 6. The molecule has 38 heavy (non-hydrogen) atoms. The molecule has 2 spiro atoms. The van der Waals surface area contributed by atoms with E-state index in [1.54, 1.807) is 39.8 Å². The quantitative estimate of drug-likeness (QED) is 0.514. The van der Waals surface area contributed by atoms with Gasteiger partial charge in [0.1, 0.15) is 23.4 Å². The number of likely N-dealkylation sites (tertiary alicyclic amines) is 1. The first kappa shape index (κ1) is 28.2. The maximum Gasteiger partial charge on any atom is 0.410 e. The third-order valence-corrected chi connectivity index (χ3v) is 7.88. The molecule has 1 aromatic rings. The topological polar surface area (TPSA) is 104 Å². The molecule has 0 radical (unpaired) electrons. The molecule has 10 nitrogen and oxygen atoms in total. The summed E-state index contributed by atoms with van der Waals surface area (Å²) < 4.78 is 27.9. The number of carbonyl (C=O) groups excluding carboxylic acids is 3. The van der Waals surface area contributed by atoms with E-state index < -0.39 is 41.1 Å². The number of hydrogen-bond donors (Lipinski definition) is 0. The molecule has 2 amide bonds. The first-order chi connectivity index (χ1) is 17.9. The van der Waals surface area contributed by atoms with Gasteiger partial charge in [0.15, 0.2) is 5.79 Å². The maximum atomic E-state index is 14.1. The van der Waals surface area contributed by atoms with Crippen molar-refractivity contribution >= 4 is 18.0 Å². The lowest BCUT2D eigenvalue weighted by Crippen LogP contribution is -2.58. The first-order valence-electron chi connectivity index (χ1n) is 13.2. The largest absolute Gasteiger partial charge is 0.497 e. The lowest BCUT2D eigenvalue weighted by Gasteiger charge is -2.48. The average molecular weight is 533 g/mol. The Labute approximate surface area is 224 Å². The van der Waals surface area contributed by atoms with Crippen molar-refractivity contribution in [2.45, 2.75) is 88.3 Å². The smallest absolute Gasteiger partial charge is 0.410 e. The van der Waals surface area contributed by atoms with Gasteiger partial charge in [0.25, 0.3) is 0 Å². The van der Waals surface area contributed by atoms with Gasteiger partial charge in [0.05, 0.1) is 27.4 Å². The summed E-state index contributed by atoms with van der Waals surface area (Å²) in [5, 5.41) is 0. The van der Waals surface area contributed by atoms with Gasteiger partial charge in [0.2, 0.25) is 5.91 Å². The summed E-state index contributed by atoms with van der Waals surface area (Å²) in [6.45, 7) is 6.44. The molecule has 210 valence electrons. The number of hydrogen-bond acceptors (Lipinski definition) is 8. The van der Waals surface area contributed by atoms with Crippen LogP contribution in [0.2, 0.25) is 0 Å². The second-order valence-electron chi connectivity index (χ2n) is 11.4. The average Bonchev–Trinajstić information content (AvgIpc) is 3.45. The van der Waals surface area contributed by atoms with Gasteiger partial charge >= 0.3 is 12.1 Å². The van der Waals surface area contributed by atoms with E-state index in [9.17, 15) is 14.4 Å². The Hall–Kier alpha value is -2.85. The molecule has 3 aliphatic rings. The summed E-state index contributed by atoms with van der Waals surface area (Å²) in [4.78, 5) is 43.4. The third kappa shape index (κ3) is 5.61. The molecular formula is C28H40N2O8. The molecule has 0 N–H and O–H groups in total. The van der Waals surface area contributed by atoms with Crippen LogP contribution in [0.25, 0.3) is 0 Å². The zero-order chi connectivity index (χ0) is 27.7. The highest BCUT2D eigenvalue weighted by atomic mass is 16.7. The number of carbonyl (C=O) groups is 3. The van der Waals surface area contributed by atoms with E-state index in [0.29, 0.717) is 51.1 Å². The van der Waals surface area contributed by atoms with Gasteiger partial charge < -0.3 is 28.6 Å². The summed E-state index contributed by atoms with van der Waals surface area (Å²) in [6.07, 6.45) is 2.42. The van der Waals surface area contributed by atoms with Crippen molar-refractivity contribution in [1.82, 2.24) is 9.80 Å². The number of likely N-dealkylation sites (N-methyl/N-ethyl adjacent to an activating group) is 1. The zero-order valence-electron chi connectivity index (χ0n) is 23.3. The second kappa shape index (κ2) is 10.7. The number of amides is 2. The Morgan fingerprint density at radius 1 is 1.08 bits per heavy atom. The zero-order valence-corrected chi connectivity index (χ0v) is 23.3. The van der Waals surface area contributed by atoms with Gasteiger partial charge in [-0.1, -0.05) is 12.1 Å². The van der Waals surface area contributed by atoms with Crippen molar-refractivity contribution in [3.63, 3.8) is 0 Å². The monoisotopic (exact) mass is 532 g/mol. The number of nitrogens with zero attached hydrogens (tertiary/aromatic N) is 2. The van der Waals surface area contributed by atoms with E-state index in [4.69, 9.17) is 23.7 Å². The molecule has 3 fully saturated rings. The van der Waals surface area contributed by atoms with Crippen molar-refractivity contribution in [3.05, 3.63) is 29.8 Å². The summed E-state index contributed by atoms with van der Waals surface area (Å²) in [6, 6.07) is 5.77. The van der Waals surface area contributed by atoms with E-state index in [1.807, 2.05) is 24.3 Å². The Balaban J connectivity index is 1.67. The number of ether oxygens (including phenoxy) is 5. The normalized spacial score (nSPS) is 22.9. The van der Waals surface area contributed by atoms with E-state index in [1.165, 1.54) is 12.0 Å². The lowest BCUT2D eigenvalue weighted by molar-refractivity contribution is -0.196. The number of benzene rings is 1. The molecule has 0 bridgehead atoms. The highest BCUT2D eigenvalue weighted by Crippen LogP contribution is 2.50. The van der Waals surface area contributed by atoms with Crippen LogP contribution in [0.1, 0.15) is 58.4 Å². The molecule has 0 unspecified atom stereocenters. The summed E-state index contributed by atoms with van der Waals surface area (Å²) >= 11 is 0. The van der Waals surface area contributed by atoms with Crippen molar-refractivity contribution in [3.8, 4) is 5.75 Å².